The number of nitrogens with zero attached hydrogens (tertiary/aromatic N) is 3. The van der Waals surface area contributed by atoms with Gasteiger partial charge >= 0.3 is 21.7 Å². The van der Waals surface area contributed by atoms with E-state index < -0.39 is 33.4 Å². The number of anilines is 1. The normalized spacial score (nSPS) is 18.6. The molecular weight excluding hydrogens is 366 g/mol. The number of sulfonamides is 1. The van der Waals surface area contributed by atoms with Crippen molar-refractivity contribution < 1.29 is 34.8 Å². The van der Waals surface area contributed by atoms with Crippen molar-refractivity contribution in [3.63, 3.8) is 0 Å². The zero-order valence-corrected chi connectivity index (χ0v) is 12.7. The lowest BCUT2D eigenvalue weighted by Crippen LogP contribution is -2.47. The zero-order chi connectivity index (χ0) is 18.2. The van der Waals surface area contributed by atoms with Crippen molar-refractivity contribution in [2.24, 2.45) is 0 Å². The standard InChI is InChI=1S/C11H12F6N4O2S/c12-10(13,14)8-1-2-9(20-19-8)18-7-3-5-21(6-4-7)24(22,23)11(15,16)17/h1-2,7H,3-6H2,(H,18,20). The van der Waals surface area contributed by atoms with Crippen molar-refractivity contribution in [2.75, 3.05) is 18.4 Å². The number of hydrogen-bond donors (Lipinski definition) is 1. The van der Waals surface area contributed by atoms with Gasteiger partial charge in [-0.3, -0.25) is 0 Å². The minimum Gasteiger partial charge on any atom is -0.366 e. The molecule has 1 N–H and O–H groups in total. The third-order valence-corrected chi connectivity index (χ3v) is 5.02. The van der Waals surface area contributed by atoms with Gasteiger partial charge < -0.3 is 5.32 Å². The fraction of sp³-hybridized carbons (Fsp3) is 0.636. The fourth-order valence-electron chi connectivity index (χ4n) is 2.16. The molecule has 0 atom stereocenters. The average molecular weight is 378 g/mol. The smallest absolute Gasteiger partial charge is 0.366 e. The average Bonchev–Trinajstić information content (AvgIpc) is 2.46. The Bertz CT molecular complexity index is 665. The Balaban J connectivity index is 1.94. The maximum Gasteiger partial charge on any atom is 0.511 e. The monoisotopic (exact) mass is 378 g/mol. The van der Waals surface area contributed by atoms with Crippen molar-refractivity contribution >= 4 is 15.8 Å². The lowest BCUT2D eigenvalue weighted by Gasteiger charge is -2.32. The first-order valence-electron chi connectivity index (χ1n) is 6.65. The van der Waals surface area contributed by atoms with Gasteiger partial charge in [-0.2, -0.15) is 30.6 Å². The van der Waals surface area contributed by atoms with Crippen LogP contribution in [0.15, 0.2) is 12.1 Å². The molecule has 13 heteroatoms. The van der Waals surface area contributed by atoms with Crippen LogP contribution in [0.5, 0.6) is 0 Å². The summed E-state index contributed by atoms with van der Waals surface area (Å²) >= 11 is 0. The highest BCUT2D eigenvalue weighted by molar-refractivity contribution is 7.90. The number of rotatable bonds is 3. The first kappa shape index (κ1) is 18.7. The third-order valence-electron chi connectivity index (χ3n) is 3.39. The molecule has 6 nitrogen and oxygen atoms in total. The van der Waals surface area contributed by atoms with Crippen LogP contribution in [-0.2, 0) is 16.2 Å². The summed E-state index contributed by atoms with van der Waals surface area (Å²) in [5.74, 6) is 0.0279. The summed E-state index contributed by atoms with van der Waals surface area (Å²) in [6.07, 6.45) is -4.52. The molecule has 1 aliphatic rings. The summed E-state index contributed by atoms with van der Waals surface area (Å²) in [6.45, 7) is -0.707. The highest BCUT2D eigenvalue weighted by atomic mass is 32.2. The van der Waals surface area contributed by atoms with Gasteiger partial charge in [-0.1, -0.05) is 0 Å². The Hall–Kier alpha value is -1.63. The van der Waals surface area contributed by atoms with Crippen LogP contribution in [0.3, 0.4) is 0 Å². The van der Waals surface area contributed by atoms with Crippen LogP contribution in [0.25, 0.3) is 0 Å². The molecule has 2 rings (SSSR count). The number of aromatic nitrogens is 2. The summed E-state index contributed by atoms with van der Waals surface area (Å²) in [5.41, 5.74) is -6.52. The molecule has 24 heavy (non-hydrogen) atoms. The predicted molar refractivity (Wildman–Crippen MR) is 70.2 cm³/mol. The lowest BCUT2D eigenvalue weighted by molar-refractivity contribution is -0.141. The van der Waals surface area contributed by atoms with E-state index in [9.17, 15) is 34.8 Å². The number of alkyl halides is 6. The topological polar surface area (TPSA) is 75.2 Å². The van der Waals surface area contributed by atoms with Gasteiger partial charge in [0, 0.05) is 19.1 Å². The largest absolute Gasteiger partial charge is 0.511 e. The van der Waals surface area contributed by atoms with Gasteiger partial charge in [0.2, 0.25) is 0 Å². The Morgan fingerprint density at radius 3 is 2.04 bits per heavy atom. The van der Waals surface area contributed by atoms with Crippen LogP contribution in [0.4, 0.5) is 32.2 Å². The Morgan fingerprint density at radius 2 is 1.62 bits per heavy atom. The van der Waals surface area contributed by atoms with E-state index in [1.54, 1.807) is 0 Å². The molecular formula is C11H12F6N4O2S. The number of piperidine rings is 1. The van der Waals surface area contributed by atoms with Crippen LogP contribution < -0.4 is 5.32 Å². The fourth-order valence-corrected chi connectivity index (χ4v) is 3.14. The second kappa shape index (κ2) is 6.35. The van der Waals surface area contributed by atoms with Crippen molar-refractivity contribution in [2.45, 2.75) is 30.6 Å². The number of hydrogen-bond acceptors (Lipinski definition) is 5. The second-order valence-electron chi connectivity index (χ2n) is 5.07. The molecule has 0 bridgehead atoms. The molecule has 1 aromatic heterocycles. The van der Waals surface area contributed by atoms with Crippen LogP contribution >= 0.6 is 0 Å². The van der Waals surface area contributed by atoms with E-state index in [0.29, 0.717) is 4.31 Å². The van der Waals surface area contributed by atoms with E-state index in [1.807, 2.05) is 0 Å². The second-order valence-corrected chi connectivity index (χ2v) is 7.00. The van der Waals surface area contributed by atoms with Crippen molar-refractivity contribution in [1.29, 1.82) is 0 Å². The first-order valence-corrected chi connectivity index (χ1v) is 8.09. The molecule has 136 valence electrons. The molecule has 2 heterocycles. The highest BCUT2D eigenvalue weighted by Gasteiger charge is 2.50. The van der Waals surface area contributed by atoms with Gasteiger partial charge in [0.25, 0.3) is 0 Å². The summed E-state index contributed by atoms with van der Waals surface area (Å²) in [7, 11) is -5.37. The van der Waals surface area contributed by atoms with Crippen molar-refractivity contribution in [3.05, 3.63) is 17.8 Å². The third kappa shape index (κ3) is 4.06. The molecule has 0 spiro atoms. The van der Waals surface area contributed by atoms with E-state index in [0.717, 1.165) is 12.1 Å². The maximum atomic E-state index is 12.4. The molecule has 1 saturated heterocycles. The summed E-state index contributed by atoms with van der Waals surface area (Å²) < 4.78 is 97.2. The maximum absolute atomic E-state index is 12.4. The number of halogens is 6. The molecule has 0 unspecified atom stereocenters. The molecule has 0 amide bonds. The zero-order valence-electron chi connectivity index (χ0n) is 11.9. The molecule has 0 aliphatic carbocycles. The van der Waals surface area contributed by atoms with Crippen LogP contribution in [0.1, 0.15) is 18.5 Å². The van der Waals surface area contributed by atoms with Gasteiger partial charge in [0.05, 0.1) is 0 Å². The Labute approximate surface area is 132 Å². The van der Waals surface area contributed by atoms with Crippen LogP contribution in [0.2, 0.25) is 0 Å². The summed E-state index contributed by atoms with van der Waals surface area (Å²) in [6, 6.07) is 1.35. The Kier molecular flexibility index (Phi) is 4.95. The molecule has 0 radical (unpaired) electrons. The van der Waals surface area contributed by atoms with Gasteiger partial charge in [0.15, 0.2) is 5.69 Å². The number of nitrogens with one attached hydrogen (secondary N) is 1. The Morgan fingerprint density at radius 1 is 1.04 bits per heavy atom. The first-order chi connectivity index (χ1) is 10.9. The minimum absolute atomic E-state index is 0.0279. The van der Waals surface area contributed by atoms with E-state index in [2.05, 4.69) is 15.5 Å². The van der Waals surface area contributed by atoms with E-state index in [4.69, 9.17) is 0 Å². The quantitative estimate of drug-likeness (QED) is 0.817. The SMILES string of the molecule is O=S(=O)(N1CCC(Nc2ccc(C(F)(F)F)nn2)CC1)C(F)(F)F. The van der Waals surface area contributed by atoms with Gasteiger partial charge in [-0.05, 0) is 25.0 Å². The van der Waals surface area contributed by atoms with E-state index in [-0.39, 0.29) is 31.7 Å². The molecule has 1 aromatic rings. The highest BCUT2D eigenvalue weighted by Crippen LogP contribution is 2.30. The molecule has 1 fully saturated rings. The van der Waals surface area contributed by atoms with Crippen LogP contribution in [-0.4, -0.2) is 47.6 Å². The van der Waals surface area contributed by atoms with Crippen molar-refractivity contribution in [1.82, 2.24) is 14.5 Å². The lowest BCUT2D eigenvalue weighted by atomic mass is 10.1. The predicted octanol–water partition coefficient (Wildman–Crippen LogP) is 2.22. The van der Waals surface area contributed by atoms with E-state index in [1.165, 1.54) is 0 Å². The van der Waals surface area contributed by atoms with Gasteiger partial charge in [0.1, 0.15) is 5.82 Å². The molecule has 0 aromatic carbocycles. The minimum atomic E-state index is -5.37. The van der Waals surface area contributed by atoms with Gasteiger partial charge in [-0.25, -0.2) is 8.42 Å². The van der Waals surface area contributed by atoms with Gasteiger partial charge in [-0.15, -0.1) is 10.2 Å². The van der Waals surface area contributed by atoms with Crippen LogP contribution in [0, 0.1) is 0 Å². The molecule has 0 saturated carbocycles. The van der Waals surface area contributed by atoms with E-state index >= 15 is 0 Å². The summed E-state index contributed by atoms with van der Waals surface area (Å²) in [4.78, 5) is 0. The van der Waals surface area contributed by atoms with Crippen molar-refractivity contribution in [3.8, 4) is 0 Å². The molecule has 1 aliphatic heterocycles. The summed E-state index contributed by atoms with van der Waals surface area (Å²) in [5, 5.41) is 9.09.